The van der Waals surface area contributed by atoms with Gasteiger partial charge in [0.25, 0.3) is 5.69 Å². The van der Waals surface area contributed by atoms with E-state index >= 15 is 0 Å². The van der Waals surface area contributed by atoms with Crippen molar-refractivity contribution >= 4 is 11.4 Å². The van der Waals surface area contributed by atoms with Gasteiger partial charge >= 0.3 is 0 Å². The van der Waals surface area contributed by atoms with Gasteiger partial charge in [0, 0.05) is 29.8 Å². The second-order valence-electron chi connectivity index (χ2n) is 6.60. The number of benzene rings is 1. The van der Waals surface area contributed by atoms with Crippen LogP contribution >= 0.6 is 0 Å². The molecule has 22 heavy (non-hydrogen) atoms. The monoisotopic (exact) mass is 296 g/mol. The fourth-order valence-corrected chi connectivity index (χ4v) is 4.34. The molecule has 1 N–H and O–H groups in total. The molecule has 0 unspecified atom stereocenters. The molecule has 3 aliphatic rings. The highest BCUT2D eigenvalue weighted by Crippen LogP contribution is 2.48. The highest BCUT2D eigenvalue weighted by molar-refractivity contribution is 5.62. The van der Waals surface area contributed by atoms with Crippen molar-refractivity contribution < 1.29 is 4.92 Å². The fourth-order valence-electron chi connectivity index (χ4n) is 4.34. The minimum atomic E-state index is -0.300. The molecule has 1 aliphatic heterocycles. The van der Waals surface area contributed by atoms with Crippen LogP contribution < -0.4 is 5.32 Å². The van der Waals surface area contributed by atoms with Crippen LogP contribution in [0.3, 0.4) is 0 Å². The molecule has 1 aromatic carbocycles. The van der Waals surface area contributed by atoms with Crippen LogP contribution in [0, 0.1) is 22.0 Å². The molecule has 0 amide bonds. The van der Waals surface area contributed by atoms with Crippen LogP contribution in [0.4, 0.5) is 11.4 Å². The summed E-state index contributed by atoms with van der Waals surface area (Å²) in [5.74, 6) is 1.53. The molecule has 4 rings (SSSR count). The van der Waals surface area contributed by atoms with Crippen LogP contribution in [-0.4, -0.2) is 11.0 Å². The minimum Gasteiger partial charge on any atom is -0.381 e. The Morgan fingerprint density at radius 2 is 2.09 bits per heavy atom. The minimum absolute atomic E-state index is 0.193. The van der Waals surface area contributed by atoms with E-state index in [4.69, 9.17) is 0 Å². The maximum atomic E-state index is 11.1. The van der Waals surface area contributed by atoms with E-state index in [-0.39, 0.29) is 10.6 Å². The third-order valence-electron chi connectivity index (χ3n) is 5.42. The normalized spacial score (nSPS) is 32.2. The van der Waals surface area contributed by atoms with Gasteiger partial charge in [0.05, 0.1) is 4.92 Å². The largest absolute Gasteiger partial charge is 0.381 e. The Bertz CT molecular complexity index is 665. The van der Waals surface area contributed by atoms with Gasteiger partial charge in [-0.25, -0.2) is 0 Å². The van der Waals surface area contributed by atoms with E-state index < -0.39 is 0 Å². The highest BCUT2D eigenvalue weighted by atomic mass is 16.6. The first kappa shape index (κ1) is 13.6. The average Bonchev–Trinajstić information content (AvgIpc) is 3.04. The van der Waals surface area contributed by atoms with Gasteiger partial charge in [-0.3, -0.25) is 10.1 Å². The quantitative estimate of drug-likeness (QED) is 0.500. The molecule has 4 heteroatoms. The molecule has 0 saturated carbocycles. The summed E-state index contributed by atoms with van der Waals surface area (Å²) in [5, 5.41) is 14.8. The lowest BCUT2D eigenvalue weighted by molar-refractivity contribution is -0.384. The van der Waals surface area contributed by atoms with E-state index in [1.54, 1.807) is 12.1 Å². The highest BCUT2D eigenvalue weighted by Gasteiger charge is 2.40. The summed E-state index contributed by atoms with van der Waals surface area (Å²) in [7, 11) is 0. The van der Waals surface area contributed by atoms with Crippen molar-refractivity contribution in [3.8, 4) is 0 Å². The molecule has 0 bridgehead atoms. The first-order chi connectivity index (χ1) is 10.7. The Morgan fingerprint density at radius 1 is 1.18 bits per heavy atom. The lowest BCUT2D eigenvalue weighted by atomic mass is 9.72. The SMILES string of the molecule is O=[N+]([O-])c1ccc2c(c1)[C@@H]1C=CC[C@@H]1[C@@H]([C@@H]1CC=CCC1)N2. The standard InChI is InChI=1S/C18H20N2O2/c21-20(22)13-9-10-17-16(11-13)14-7-4-8-15(14)18(19-17)12-5-2-1-3-6-12/h1-2,4,7,9-12,14-15,18-19H,3,5-6,8H2/t12-,14-,15+,18-/m1/s1. The van der Waals surface area contributed by atoms with E-state index in [1.165, 1.54) is 12.8 Å². The first-order valence-electron chi connectivity index (χ1n) is 8.10. The second-order valence-corrected chi connectivity index (χ2v) is 6.60. The Labute approximate surface area is 130 Å². The number of anilines is 1. The topological polar surface area (TPSA) is 55.2 Å². The van der Waals surface area contributed by atoms with E-state index in [1.807, 2.05) is 6.07 Å². The Kier molecular flexibility index (Phi) is 3.25. The number of hydrogen-bond donors (Lipinski definition) is 1. The van der Waals surface area contributed by atoms with Crippen LogP contribution in [0.1, 0.15) is 37.2 Å². The molecule has 0 aromatic heterocycles. The summed E-state index contributed by atoms with van der Waals surface area (Å²) in [6.07, 6.45) is 13.7. The number of rotatable bonds is 2. The number of non-ortho nitro benzene ring substituents is 1. The third kappa shape index (κ3) is 2.14. The first-order valence-corrected chi connectivity index (χ1v) is 8.10. The smallest absolute Gasteiger partial charge is 0.269 e. The molecule has 0 radical (unpaired) electrons. The van der Waals surface area contributed by atoms with E-state index in [0.717, 1.165) is 24.1 Å². The summed E-state index contributed by atoms with van der Waals surface area (Å²) in [6, 6.07) is 5.73. The summed E-state index contributed by atoms with van der Waals surface area (Å²) >= 11 is 0. The number of fused-ring (bicyclic) bond motifs is 3. The van der Waals surface area contributed by atoms with Gasteiger partial charge in [-0.1, -0.05) is 24.3 Å². The molecule has 1 heterocycles. The lowest BCUT2D eigenvalue weighted by Gasteiger charge is -2.41. The zero-order valence-electron chi connectivity index (χ0n) is 12.4. The predicted octanol–water partition coefficient (Wildman–Crippen LogP) is 4.40. The molecular weight excluding hydrogens is 276 g/mol. The maximum absolute atomic E-state index is 11.1. The van der Waals surface area contributed by atoms with Crippen molar-refractivity contribution in [3.63, 3.8) is 0 Å². The van der Waals surface area contributed by atoms with Gasteiger partial charge in [0.1, 0.15) is 0 Å². The molecule has 4 nitrogen and oxygen atoms in total. The number of nitrogens with zero attached hydrogens (tertiary/aromatic N) is 1. The van der Waals surface area contributed by atoms with Crippen molar-refractivity contribution in [2.75, 3.05) is 5.32 Å². The number of nitro benzene ring substituents is 1. The zero-order valence-corrected chi connectivity index (χ0v) is 12.4. The van der Waals surface area contributed by atoms with Gasteiger partial charge in [0.2, 0.25) is 0 Å². The van der Waals surface area contributed by atoms with Crippen molar-refractivity contribution in [3.05, 3.63) is 58.2 Å². The molecular formula is C18H20N2O2. The Morgan fingerprint density at radius 3 is 2.86 bits per heavy atom. The number of nitro groups is 1. The summed E-state index contributed by atoms with van der Waals surface area (Å²) < 4.78 is 0. The lowest BCUT2D eigenvalue weighted by Crippen LogP contribution is -2.41. The Balaban J connectivity index is 1.70. The van der Waals surface area contributed by atoms with Crippen molar-refractivity contribution in [2.45, 2.75) is 37.6 Å². The maximum Gasteiger partial charge on any atom is 0.269 e. The van der Waals surface area contributed by atoms with Crippen molar-refractivity contribution in [2.24, 2.45) is 11.8 Å². The molecule has 2 aliphatic carbocycles. The van der Waals surface area contributed by atoms with Crippen LogP contribution in [0.2, 0.25) is 0 Å². The third-order valence-corrected chi connectivity index (χ3v) is 5.42. The fraction of sp³-hybridized carbons (Fsp3) is 0.444. The summed E-state index contributed by atoms with van der Waals surface area (Å²) in [5.41, 5.74) is 2.37. The molecule has 0 saturated heterocycles. The molecule has 114 valence electrons. The van der Waals surface area contributed by atoms with Gasteiger partial charge < -0.3 is 5.32 Å². The molecule has 0 fully saturated rings. The van der Waals surface area contributed by atoms with Crippen LogP contribution in [0.15, 0.2) is 42.5 Å². The van der Waals surface area contributed by atoms with Crippen molar-refractivity contribution in [1.29, 1.82) is 0 Å². The number of hydrogen-bond acceptors (Lipinski definition) is 3. The van der Waals surface area contributed by atoms with Crippen LogP contribution in [0.5, 0.6) is 0 Å². The van der Waals surface area contributed by atoms with E-state index in [2.05, 4.69) is 29.6 Å². The van der Waals surface area contributed by atoms with E-state index in [9.17, 15) is 10.1 Å². The Hall–Kier alpha value is -2.10. The van der Waals surface area contributed by atoms with E-state index in [0.29, 0.717) is 23.8 Å². The summed E-state index contributed by atoms with van der Waals surface area (Å²) in [4.78, 5) is 10.8. The summed E-state index contributed by atoms with van der Waals surface area (Å²) in [6.45, 7) is 0. The number of nitrogens with one attached hydrogen (secondary N) is 1. The zero-order chi connectivity index (χ0) is 15.1. The van der Waals surface area contributed by atoms with Crippen molar-refractivity contribution in [1.82, 2.24) is 0 Å². The molecule has 0 spiro atoms. The average molecular weight is 296 g/mol. The number of allylic oxidation sites excluding steroid dienone is 4. The van der Waals surface area contributed by atoms with Gasteiger partial charge in [0.15, 0.2) is 0 Å². The molecule has 4 atom stereocenters. The van der Waals surface area contributed by atoms with Gasteiger partial charge in [-0.15, -0.1) is 0 Å². The second kappa shape index (κ2) is 5.27. The van der Waals surface area contributed by atoms with Gasteiger partial charge in [-0.05, 0) is 49.1 Å². The van der Waals surface area contributed by atoms with Gasteiger partial charge in [-0.2, -0.15) is 0 Å². The van der Waals surface area contributed by atoms with Crippen LogP contribution in [0.25, 0.3) is 0 Å². The predicted molar refractivity (Wildman–Crippen MR) is 87.0 cm³/mol. The molecule has 1 aromatic rings. The van der Waals surface area contributed by atoms with Crippen LogP contribution in [-0.2, 0) is 0 Å².